The number of hydrogen-bond donors (Lipinski definition) is 1. The molecule has 0 aliphatic rings. The lowest BCUT2D eigenvalue weighted by Crippen LogP contribution is -2.32. The van der Waals surface area contributed by atoms with Crippen LogP contribution in [-0.4, -0.2) is 26.4 Å². The van der Waals surface area contributed by atoms with E-state index in [4.69, 9.17) is 14.7 Å². The molecule has 0 heterocycles. The van der Waals surface area contributed by atoms with Crippen molar-refractivity contribution in [1.82, 2.24) is 5.32 Å². The molecule has 0 saturated heterocycles. The van der Waals surface area contributed by atoms with Gasteiger partial charge in [0.2, 0.25) is 0 Å². The Morgan fingerprint density at radius 2 is 2.26 bits per heavy atom. The van der Waals surface area contributed by atoms with Gasteiger partial charge in [0.1, 0.15) is 11.8 Å². The van der Waals surface area contributed by atoms with Crippen LogP contribution in [0.15, 0.2) is 24.3 Å². The molecule has 1 rings (SSSR count). The average Bonchev–Trinajstić information content (AvgIpc) is 2.43. The summed E-state index contributed by atoms with van der Waals surface area (Å²) in [6.07, 6.45) is 2.23. The van der Waals surface area contributed by atoms with Crippen LogP contribution in [0.25, 0.3) is 0 Å². The highest BCUT2D eigenvalue weighted by Crippen LogP contribution is 2.13. The molecule has 1 unspecified atom stereocenters. The highest BCUT2D eigenvalue weighted by molar-refractivity contribution is 5.28. The smallest absolute Gasteiger partial charge is 0.174 e. The van der Waals surface area contributed by atoms with E-state index in [2.05, 4.69) is 12.2 Å². The first-order chi connectivity index (χ1) is 9.30. The zero-order chi connectivity index (χ0) is 13.9. The first-order valence-electron chi connectivity index (χ1n) is 6.61. The number of methoxy groups -OCH3 is 1. The Bertz CT molecular complexity index is 395. The van der Waals surface area contributed by atoms with E-state index in [0.717, 1.165) is 37.3 Å². The number of ether oxygens (including phenoxy) is 2. The predicted molar refractivity (Wildman–Crippen MR) is 75.0 cm³/mol. The van der Waals surface area contributed by atoms with Gasteiger partial charge in [0.25, 0.3) is 0 Å². The predicted octanol–water partition coefficient (Wildman–Crippen LogP) is 2.49. The summed E-state index contributed by atoms with van der Waals surface area (Å²) in [5.41, 5.74) is 1.15. The van der Waals surface area contributed by atoms with E-state index in [1.165, 1.54) is 0 Å². The molecular weight excluding hydrogens is 240 g/mol. The second kappa shape index (κ2) is 9.37. The lowest BCUT2D eigenvalue weighted by atomic mass is 10.1. The summed E-state index contributed by atoms with van der Waals surface area (Å²) in [4.78, 5) is 0. The Kier molecular flexibility index (Phi) is 7.64. The van der Waals surface area contributed by atoms with E-state index < -0.39 is 0 Å². The minimum absolute atomic E-state index is 0.0824. The Balaban J connectivity index is 2.49. The number of nitrogens with one attached hydrogen (secondary N) is 1. The topological polar surface area (TPSA) is 54.3 Å². The Labute approximate surface area is 115 Å². The lowest BCUT2D eigenvalue weighted by molar-refractivity contribution is 0.161. The number of nitriles is 1. The van der Waals surface area contributed by atoms with Gasteiger partial charge in [-0.2, -0.15) is 5.26 Å². The Morgan fingerprint density at radius 1 is 1.42 bits per heavy atom. The van der Waals surface area contributed by atoms with E-state index in [1.807, 2.05) is 30.3 Å². The van der Waals surface area contributed by atoms with Crippen molar-refractivity contribution in [1.29, 1.82) is 5.26 Å². The fourth-order valence-electron chi connectivity index (χ4n) is 1.92. The van der Waals surface area contributed by atoms with Gasteiger partial charge in [-0.15, -0.1) is 0 Å². The van der Waals surface area contributed by atoms with Crippen molar-refractivity contribution in [2.45, 2.75) is 32.4 Å². The molecule has 104 valence electrons. The number of nitrogens with zero attached hydrogens (tertiary/aromatic N) is 1. The van der Waals surface area contributed by atoms with Crippen molar-refractivity contribution in [2.75, 3.05) is 20.3 Å². The summed E-state index contributed by atoms with van der Waals surface area (Å²) >= 11 is 0. The van der Waals surface area contributed by atoms with Crippen LogP contribution in [0.1, 0.15) is 25.3 Å². The molecule has 19 heavy (non-hydrogen) atoms. The minimum atomic E-state index is 0.0824. The zero-order valence-corrected chi connectivity index (χ0v) is 11.7. The first kappa shape index (κ1) is 15.5. The summed E-state index contributed by atoms with van der Waals surface area (Å²) in [6, 6.07) is 10.1. The molecule has 4 heteroatoms. The van der Waals surface area contributed by atoms with E-state index >= 15 is 0 Å². The molecule has 0 aromatic heterocycles. The van der Waals surface area contributed by atoms with Gasteiger partial charge in [0, 0.05) is 19.7 Å². The highest BCUT2D eigenvalue weighted by atomic mass is 16.5. The Morgan fingerprint density at radius 3 is 2.95 bits per heavy atom. The van der Waals surface area contributed by atoms with Crippen molar-refractivity contribution in [3.05, 3.63) is 29.8 Å². The van der Waals surface area contributed by atoms with Crippen LogP contribution in [0, 0.1) is 11.3 Å². The summed E-state index contributed by atoms with van der Waals surface area (Å²) in [6.45, 7) is 3.75. The average molecular weight is 262 g/mol. The second-order valence-corrected chi connectivity index (χ2v) is 4.42. The maximum Gasteiger partial charge on any atom is 0.174 e. The second-order valence-electron chi connectivity index (χ2n) is 4.42. The molecule has 0 fully saturated rings. The maximum absolute atomic E-state index is 8.49. The first-order valence-corrected chi connectivity index (χ1v) is 6.61. The van der Waals surface area contributed by atoms with E-state index in [1.54, 1.807) is 7.11 Å². The van der Waals surface area contributed by atoms with Gasteiger partial charge in [-0.1, -0.05) is 25.5 Å². The maximum atomic E-state index is 8.49. The normalized spacial score (nSPS) is 11.8. The van der Waals surface area contributed by atoms with Gasteiger partial charge >= 0.3 is 0 Å². The quantitative estimate of drug-likeness (QED) is 0.743. The molecule has 0 spiro atoms. The van der Waals surface area contributed by atoms with E-state index in [0.29, 0.717) is 6.04 Å². The van der Waals surface area contributed by atoms with Crippen molar-refractivity contribution in [2.24, 2.45) is 0 Å². The molecule has 0 amide bonds. The van der Waals surface area contributed by atoms with Crippen LogP contribution in [-0.2, 0) is 11.3 Å². The van der Waals surface area contributed by atoms with Crippen LogP contribution in [0.3, 0.4) is 0 Å². The van der Waals surface area contributed by atoms with Gasteiger partial charge < -0.3 is 14.8 Å². The van der Waals surface area contributed by atoms with Gasteiger partial charge in [0.05, 0.1) is 6.61 Å². The molecule has 0 aliphatic carbocycles. The molecule has 1 atom stereocenters. The molecule has 0 radical (unpaired) electrons. The third kappa shape index (κ3) is 6.23. The third-order valence-electron chi connectivity index (χ3n) is 2.80. The van der Waals surface area contributed by atoms with Crippen molar-refractivity contribution in [3.8, 4) is 11.8 Å². The Hall–Kier alpha value is -1.57. The largest absolute Gasteiger partial charge is 0.479 e. The fraction of sp³-hybridized carbons (Fsp3) is 0.533. The number of benzene rings is 1. The molecule has 1 N–H and O–H groups in total. The fourth-order valence-corrected chi connectivity index (χ4v) is 1.92. The number of rotatable bonds is 9. The number of hydrogen-bond acceptors (Lipinski definition) is 4. The minimum Gasteiger partial charge on any atom is -0.479 e. The van der Waals surface area contributed by atoms with Crippen molar-refractivity contribution >= 4 is 0 Å². The van der Waals surface area contributed by atoms with Crippen molar-refractivity contribution < 1.29 is 9.47 Å². The van der Waals surface area contributed by atoms with Crippen LogP contribution in [0.5, 0.6) is 5.75 Å². The molecule has 0 saturated carbocycles. The van der Waals surface area contributed by atoms with Gasteiger partial charge in [0.15, 0.2) is 6.61 Å². The molecule has 1 aromatic rings. The molecule has 0 bridgehead atoms. The standard InChI is InChI=1S/C15H22N2O2/c1-3-5-14(12-18-2)17-11-13-6-4-7-15(10-13)19-9-8-16/h4,6-7,10,14,17H,3,5,9,11-12H2,1-2H3. The highest BCUT2D eigenvalue weighted by Gasteiger charge is 2.06. The van der Waals surface area contributed by atoms with Crippen LogP contribution >= 0.6 is 0 Å². The van der Waals surface area contributed by atoms with Gasteiger partial charge in [-0.3, -0.25) is 0 Å². The van der Waals surface area contributed by atoms with E-state index in [9.17, 15) is 0 Å². The zero-order valence-electron chi connectivity index (χ0n) is 11.7. The molecule has 4 nitrogen and oxygen atoms in total. The summed E-state index contributed by atoms with van der Waals surface area (Å²) in [7, 11) is 1.72. The monoisotopic (exact) mass is 262 g/mol. The molecule has 1 aromatic carbocycles. The van der Waals surface area contributed by atoms with Gasteiger partial charge in [-0.05, 0) is 24.1 Å². The summed E-state index contributed by atoms with van der Waals surface area (Å²) in [5, 5.41) is 12.0. The SMILES string of the molecule is CCCC(COC)NCc1cccc(OCC#N)c1. The van der Waals surface area contributed by atoms with E-state index in [-0.39, 0.29) is 6.61 Å². The lowest BCUT2D eigenvalue weighted by Gasteiger charge is -2.17. The van der Waals surface area contributed by atoms with Crippen LogP contribution in [0.4, 0.5) is 0 Å². The third-order valence-corrected chi connectivity index (χ3v) is 2.80. The molecule has 0 aliphatic heterocycles. The summed E-state index contributed by atoms with van der Waals surface area (Å²) in [5.74, 6) is 0.736. The van der Waals surface area contributed by atoms with Crippen LogP contribution < -0.4 is 10.1 Å². The van der Waals surface area contributed by atoms with Crippen LogP contribution in [0.2, 0.25) is 0 Å². The molecular formula is C15H22N2O2. The van der Waals surface area contributed by atoms with Crippen molar-refractivity contribution in [3.63, 3.8) is 0 Å². The van der Waals surface area contributed by atoms with Gasteiger partial charge in [-0.25, -0.2) is 0 Å². The summed E-state index contributed by atoms with van der Waals surface area (Å²) < 4.78 is 10.5.